The molecule has 0 unspecified atom stereocenters. The van der Waals surface area contributed by atoms with Gasteiger partial charge in [-0.05, 0) is 52.4 Å². The summed E-state index contributed by atoms with van der Waals surface area (Å²) >= 11 is 0. The van der Waals surface area contributed by atoms with Crippen LogP contribution in [0.15, 0.2) is 99.5 Å². The fraction of sp³-hybridized carbons (Fsp3) is 0.160. The summed E-state index contributed by atoms with van der Waals surface area (Å²) in [6.45, 7) is 0.754. The lowest BCUT2D eigenvalue weighted by atomic mass is 10.1. The Hall–Kier alpha value is -4.33. The molecule has 8 heteroatoms. The van der Waals surface area contributed by atoms with Crippen LogP contribution in [0.5, 0.6) is 17.2 Å². The van der Waals surface area contributed by atoms with Crippen molar-refractivity contribution in [1.29, 1.82) is 0 Å². The standard InChI is InChI=1S/C25H21N5O3/c1-31-24-14-19(25-27-29-30-28-25)10-12-23(24)33-15-17-5-4-7-21(13-17)32-16-20-11-9-18-6-2-3-8-22(18)26-20/h2-14,25H,15-16H2,1H3. The number of ether oxygens (including phenoxy) is 3. The molecule has 0 spiro atoms. The van der Waals surface area contributed by atoms with E-state index in [4.69, 9.17) is 14.2 Å². The van der Waals surface area contributed by atoms with Crippen LogP contribution in [0, 0.1) is 0 Å². The molecule has 0 atom stereocenters. The molecule has 1 aromatic heterocycles. The van der Waals surface area contributed by atoms with Crippen LogP contribution in [0.3, 0.4) is 0 Å². The maximum absolute atomic E-state index is 6.00. The first kappa shape index (κ1) is 20.6. The van der Waals surface area contributed by atoms with E-state index in [9.17, 15) is 0 Å². The van der Waals surface area contributed by atoms with Crippen LogP contribution in [0.4, 0.5) is 0 Å². The minimum Gasteiger partial charge on any atom is -0.493 e. The van der Waals surface area contributed by atoms with Crippen molar-refractivity contribution in [2.75, 3.05) is 7.11 Å². The number of benzene rings is 3. The van der Waals surface area contributed by atoms with E-state index >= 15 is 0 Å². The largest absolute Gasteiger partial charge is 0.493 e. The van der Waals surface area contributed by atoms with Crippen LogP contribution in [0.25, 0.3) is 10.9 Å². The molecule has 2 heterocycles. The summed E-state index contributed by atoms with van der Waals surface area (Å²) in [6, 6.07) is 25.4. The number of fused-ring (bicyclic) bond motifs is 1. The maximum atomic E-state index is 6.00. The number of methoxy groups -OCH3 is 1. The minimum atomic E-state index is -0.432. The molecule has 8 nitrogen and oxygen atoms in total. The van der Waals surface area contributed by atoms with Gasteiger partial charge in [-0.1, -0.05) is 42.5 Å². The third-order valence-electron chi connectivity index (χ3n) is 5.18. The van der Waals surface area contributed by atoms with Crippen molar-refractivity contribution in [3.8, 4) is 17.2 Å². The molecule has 0 N–H and O–H groups in total. The smallest absolute Gasteiger partial charge is 0.210 e. The first-order valence-electron chi connectivity index (χ1n) is 10.5. The van der Waals surface area contributed by atoms with Gasteiger partial charge in [-0.3, -0.25) is 0 Å². The summed E-state index contributed by atoms with van der Waals surface area (Å²) in [5.74, 6) is 1.98. The van der Waals surface area contributed by atoms with Crippen LogP contribution in [0.1, 0.15) is 23.0 Å². The molecular weight excluding hydrogens is 418 g/mol. The molecule has 1 aliphatic heterocycles. The van der Waals surface area contributed by atoms with Crippen molar-refractivity contribution < 1.29 is 14.2 Å². The highest BCUT2D eigenvalue weighted by atomic mass is 16.5. The van der Waals surface area contributed by atoms with Crippen molar-refractivity contribution in [2.24, 2.45) is 20.7 Å². The SMILES string of the molecule is COc1cc(C2N=NN=N2)ccc1OCc1cccc(OCc2ccc3ccccc3n2)c1. The number of pyridine rings is 1. The lowest BCUT2D eigenvalue weighted by Crippen LogP contribution is -2.01. The molecular formula is C25H21N5O3. The molecule has 0 saturated carbocycles. The van der Waals surface area contributed by atoms with Crippen molar-refractivity contribution in [1.82, 2.24) is 4.98 Å². The second-order valence-electron chi connectivity index (χ2n) is 7.41. The fourth-order valence-corrected chi connectivity index (χ4v) is 3.50. The molecule has 0 saturated heterocycles. The zero-order chi connectivity index (χ0) is 22.5. The van der Waals surface area contributed by atoms with Gasteiger partial charge in [-0.25, -0.2) is 4.98 Å². The van der Waals surface area contributed by atoms with E-state index in [1.807, 2.05) is 72.8 Å². The Labute approximate surface area is 190 Å². The van der Waals surface area contributed by atoms with E-state index in [-0.39, 0.29) is 0 Å². The van der Waals surface area contributed by atoms with Crippen molar-refractivity contribution in [3.05, 3.63) is 95.7 Å². The van der Waals surface area contributed by atoms with Crippen molar-refractivity contribution in [3.63, 3.8) is 0 Å². The highest BCUT2D eigenvalue weighted by Gasteiger charge is 2.16. The van der Waals surface area contributed by atoms with Crippen LogP contribution < -0.4 is 14.2 Å². The van der Waals surface area contributed by atoms with E-state index in [1.54, 1.807) is 7.11 Å². The molecule has 33 heavy (non-hydrogen) atoms. The molecule has 5 rings (SSSR count). The third-order valence-corrected chi connectivity index (χ3v) is 5.18. The molecule has 0 fully saturated rings. The number of hydrogen-bond donors (Lipinski definition) is 0. The predicted octanol–water partition coefficient (Wildman–Crippen LogP) is 6.23. The Morgan fingerprint density at radius 1 is 0.758 bits per heavy atom. The first-order chi connectivity index (χ1) is 16.3. The molecule has 0 amide bonds. The van der Waals surface area contributed by atoms with Gasteiger partial charge >= 0.3 is 0 Å². The topological polar surface area (TPSA) is 90.0 Å². The first-order valence-corrected chi connectivity index (χ1v) is 10.5. The van der Waals surface area contributed by atoms with Crippen molar-refractivity contribution in [2.45, 2.75) is 19.4 Å². The quantitative estimate of drug-likeness (QED) is 0.325. The van der Waals surface area contributed by atoms with Gasteiger partial charge < -0.3 is 14.2 Å². The summed E-state index contributed by atoms with van der Waals surface area (Å²) in [6.07, 6.45) is -0.432. The Bertz CT molecular complexity index is 1330. The van der Waals surface area contributed by atoms with E-state index in [2.05, 4.69) is 31.7 Å². The molecule has 0 radical (unpaired) electrons. The summed E-state index contributed by atoms with van der Waals surface area (Å²) in [5.41, 5.74) is 3.65. The average Bonchev–Trinajstić information content (AvgIpc) is 3.41. The molecule has 1 aliphatic rings. The van der Waals surface area contributed by atoms with Crippen LogP contribution in [0.2, 0.25) is 0 Å². The van der Waals surface area contributed by atoms with Gasteiger partial charge in [0.05, 0.1) is 18.3 Å². The highest BCUT2D eigenvalue weighted by Crippen LogP contribution is 2.34. The zero-order valence-corrected chi connectivity index (χ0v) is 18.0. The Morgan fingerprint density at radius 3 is 2.52 bits per heavy atom. The van der Waals surface area contributed by atoms with Gasteiger partial charge in [0.1, 0.15) is 19.0 Å². The van der Waals surface area contributed by atoms with Crippen molar-refractivity contribution >= 4 is 10.9 Å². The lowest BCUT2D eigenvalue weighted by molar-refractivity contribution is 0.280. The van der Waals surface area contributed by atoms with Crippen LogP contribution in [-0.4, -0.2) is 12.1 Å². The van der Waals surface area contributed by atoms with Crippen LogP contribution in [-0.2, 0) is 13.2 Å². The van der Waals surface area contributed by atoms with E-state index in [1.165, 1.54) is 0 Å². The number of hydrogen-bond acceptors (Lipinski definition) is 8. The Morgan fingerprint density at radius 2 is 1.64 bits per heavy atom. The number of nitrogens with zero attached hydrogens (tertiary/aromatic N) is 5. The van der Waals surface area contributed by atoms with Crippen LogP contribution >= 0.6 is 0 Å². The summed E-state index contributed by atoms with van der Waals surface area (Å²) < 4.78 is 17.4. The van der Waals surface area contributed by atoms with Gasteiger partial charge in [0.2, 0.25) is 6.17 Å². The van der Waals surface area contributed by atoms with E-state index < -0.39 is 6.17 Å². The summed E-state index contributed by atoms with van der Waals surface area (Å²) in [7, 11) is 1.60. The maximum Gasteiger partial charge on any atom is 0.210 e. The van der Waals surface area contributed by atoms with Gasteiger partial charge in [-0.15, -0.1) is 10.2 Å². The predicted molar refractivity (Wildman–Crippen MR) is 122 cm³/mol. The number of aromatic nitrogens is 1. The van der Waals surface area contributed by atoms with Gasteiger partial charge in [-0.2, -0.15) is 0 Å². The number of rotatable bonds is 8. The minimum absolute atomic E-state index is 0.365. The Kier molecular flexibility index (Phi) is 5.88. The second kappa shape index (κ2) is 9.44. The average molecular weight is 439 g/mol. The molecule has 4 aromatic rings. The van der Waals surface area contributed by atoms with E-state index in [0.29, 0.717) is 24.7 Å². The highest BCUT2D eigenvalue weighted by molar-refractivity contribution is 5.78. The van der Waals surface area contributed by atoms with Gasteiger partial charge in [0.25, 0.3) is 0 Å². The summed E-state index contributed by atoms with van der Waals surface area (Å²) in [4.78, 5) is 4.65. The Balaban J connectivity index is 1.23. The van der Waals surface area contributed by atoms with E-state index in [0.717, 1.165) is 33.5 Å². The third kappa shape index (κ3) is 4.79. The number of para-hydroxylation sites is 1. The van der Waals surface area contributed by atoms with Gasteiger partial charge in [0.15, 0.2) is 11.5 Å². The fourth-order valence-electron chi connectivity index (χ4n) is 3.50. The molecule has 0 bridgehead atoms. The van der Waals surface area contributed by atoms with Gasteiger partial charge in [0, 0.05) is 10.9 Å². The lowest BCUT2D eigenvalue weighted by Gasteiger charge is -2.13. The molecule has 164 valence electrons. The zero-order valence-electron chi connectivity index (χ0n) is 18.0. The second-order valence-corrected chi connectivity index (χ2v) is 7.41. The molecule has 3 aromatic carbocycles. The monoisotopic (exact) mass is 439 g/mol. The molecule has 0 aliphatic carbocycles. The summed E-state index contributed by atoms with van der Waals surface area (Å²) in [5, 5.41) is 16.1. The normalized spacial score (nSPS) is 12.9.